The van der Waals surface area contributed by atoms with E-state index in [0.29, 0.717) is 0 Å². The van der Waals surface area contributed by atoms with Gasteiger partial charge in [-0.05, 0) is 31.9 Å². The molecule has 35 heavy (non-hydrogen) atoms. The molecule has 0 amide bonds. The second kappa shape index (κ2) is 22.9. The highest BCUT2D eigenvalue weighted by atomic mass is 15.3. The molecular weight excluding hydrogens is 424 g/mol. The topological polar surface area (TPSA) is 17.8 Å². The molecule has 0 spiro atoms. The van der Waals surface area contributed by atoms with Crippen LogP contribution in [0.3, 0.4) is 0 Å². The van der Waals surface area contributed by atoms with Crippen LogP contribution in [0.4, 0.5) is 0 Å². The molecule has 2 nitrogen and oxygen atoms in total. The summed E-state index contributed by atoms with van der Waals surface area (Å²) < 4.78 is 1.82. The first-order valence-electron chi connectivity index (χ1n) is 15.2. The van der Waals surface area contributed by atoms with Gasteiger partial charge in [0.25, 0.3) is 0 Å². The van der Waals surface area contributed by atoms with Crippen LogP contribution in [0.1, 0.15) is 154 Å². The largest absolute Gasteiger partial charge is 0.241 e. The summed E-state index contributed by atoms with van der Waals surface area (Å²) in [4.78, 5) is 0. The van der Waals surface area contributed by atoms with E-state index in [0.717, 1.165) is 17.8 Å². The predicted octanol–water partition coefficient (Wildman–Crippen LogP) is 11.4. The van der Waals surface area contributed by atoms with Crippen LogP contribution in [0, 0.1) is 6.92 Å². The van der Waals surface area contributed by atoms with Crippen molar-refractivity contribution in [2.75, 3.05) is 0 Å². The molecule has 1 aromatic heterocycles. The molecule has 0 unspecified atom stereocenters. The number of aromatic nitrogens is 2. The first kappa shape index (κ1) is 31.5. The van der Waals surface area contributed by atoms with Gasteiger partial charge in [-0.1, -0.05) is 160 Å². The molecule has 0 fully saturated rings. The predicted molar refractivity (Wildman–Crippen MR) is 158 cm³/mol. The molecule has 0 saturated carbocycles. The lowest BCUT2D eigenvalue weighted by Gasteiger charge is -2.04. The van der Waals surface area contributed by atoms with Crippen molar-refractivity contribution >= 4 is 5.70 Å². The zero-order chi connectivity index (χ0) is 25.4. The average molecular weight is 483 g/mol. The average Bonchev–Trinajstić information content (AvgIpc) is 3.29. The minimum atomic E-state index is 0.887. The number of rotatable bonds is 25. The maximum atomic E-state index is 4.38. The highest BCUT2D eigenvalue weighted by Crippen LogP contribution is 2.16. The van der Waals surface area contributed by atoms with Crippen molar-refractivity contribution in [1.29, 1.82) is 0 Å². The maximum Gasteiger partial charge on any atom is 0.0598 e. The minimum Gasteiger partial charge on any atom is -0.241 e. The molecule has 0 saturated heterocycles. The van der Waals surface area contributed by atoms with Crippen molar-refractivity contribution < 1.29 is 0 Å². The van der Waals surface area contributed by atoms with E-state index in [1.807, 2.05) is 29.9 Å². The van der Waals surface area contributed by atoms with Crippen LogP contribution >= 0.6 is 0 Å². The van der Waals surface area contributed by atoms with Crippen molar-refractivity contribution in [3.8, 4) is 0 Å². The van der Waals surface area contributed by atoms with E-state index in [2.05, 4.69) is 31.3 Å². The summed E-state index contributed by atoms with van der Waals surface area (Å²) in [7, 11) is 0. The lowest BCUT2D eigenvalue weighted by molar-refractivity contribution is 0.520. The molecule has 2 heteroatoms. The van der Waals surface area contributed by atoms with Crippen LogP contribution in [0.5, 0.6) is 0 Å². The van der Waals surface area contributed by atoms with Crippen LogP contribution in [0.25, 0.3) is 5.70 Å². The maximum absolute atomic E-state index is 4.38. The number of nitrogens with zero attached hydrogens (tertiary/aromatic N) is 2. The van der Waals surface area contributed by atoms with E-state index < -0.39 is 0 Å². The smallest absolute Gasteiger partial charge is 0.0598 e. The number of hydrogen-bond donors (Lipinski definition) is 0. The molecule has 1 heterocycles. The number of allylic oxidation sites excluding steroid dienone is 4. The molecule has 0 bridgehead atoms. The van der Waals surface area contributed by atoms with Crippen molar-refractivity contribution in [2.45, 2.75) is 155 Å². The third-order valence-corrected chi connectivity index (χ3v) is 7.13. The molecule has 0 aliphatic rings. The molecule has 0 N–H and O–H groups in total. The summed E-state index contributed by atoms with van der Waals surface area (Å²) in [6, 6.07) is 1.99. The third kappa shape index (κ3) is 19.3. The van der Waals surface area contributed by atoms with Gasteiger partial charge in [0.05, 0.1) is 11.4 Å². The van der Waals surface area contributed by atoms with Crippen LogP contribution in [0.15, 0.2) is 43.1 Å². The monoisotopic (exact) mass is 482 g/mol. The van der Waals surface area contributed by atoms with Crippen molar-refractivity contribution in [1.82, 2.24) is 9.78 Å². The highest BCUT2D eigenvalue weighted by Gasteiger charge is 1.98. The van der Waals surface area contributed by atoms with Gasteiger partial charge in [0.1, 0.15) is 0 Å². The van der Waals surface area contributed by atoms with E-state index in [9.17, 15) is 0 Å². The quantitative estimate of drug-likeness (QED) is 0.100. The van der Waals surface area contributed by atoms with Gasteiger partial charge >= 0.3 is 0 Å². The summed E-state index contributed by atoms with van der Waals surface area (Å²) in [5, 5.41) is 4.38. The number of unbranched alkanes of at least 4 members (excludes halogenated alkanes) is 20. The fourth-order valence-corrected chi connectivity index (χ4v) is 4.73. The Kier molecular flexibility index (Phi) is 20.6. The summed E-state index contributed by atoms with van der Waals surface area (Å²) in [6.07, 6.45) is 37.2. The Morgan fingerprint density at radius 1 is 0.657 bits per heavy atom. The molecule has 0 aliphatic heterocycles. The van der Waals surface area contributed by atoms with Gasteiger partial charge in [-0.15, -0.1) is 0 Å². The van der Waals surface area contributed by atoms with Gasteiger partial charge in [0.15, 0.2) is 0 Å². The van der Waals surface area contributed by atoms with Crippen LogP contribution in [0.2, 0.25) is 0 Å². The van der Waals surface area contributed by atoms with Gasteiger partial charge in [0, 0.05) is 6.20 Å². The Hall–Kier alpha value is -1.57. The molecule has 0 aliphatic carbocycles. The molecule has 0 atom stereocenters. The Balaban J connectivity index is 1.77. The van der Waals surface area contributed by atoms with Crippen LogP contribution < -0.4 is 0 Å². The molecule has 0 radical (unpaired) electrons. The van der Waals surface area contributed by atoms with E-state index >= 15 is 0 Å². The van der Waals surface area contributed by atoms with Gasteiger partial charge in [0.2, 0.25) is 0 Å². The Morgan fingerprint density at radius 2 is 1.06 bits per heavy atom. The Bertz CT molecular complexity index is 666. The second-order valence-electron chi connectivity index (χ2n) is 10.7. The van der Waals surface area contributed by atoms with E-state index in [4.69, 9.17) is 0 Å². The van der Waals surface area contributed by atoms with Crippen LogP contribution in [-0.2, 0) is 0 Å². The summed E-state index contributed by atoms with van der Waals surface area (Å²) in [5.74, 6) is 0. The SMILES string of the molecule is C=C(/C=C\C(=C)n1ccc(C)n1)CCCCCCCCCCCCCCCCCCCCCCC. The summed E-state index contributed by atoms with van der Waals surface area (Å²) in [6.45, 7) is 12.6. The zero-order valence-corrected chi connectivity index (χ0v) is 23.7. The standard InChI is InChI=1S/C33H58N2/c1-5-6-7-8-9-10-11-12-13-14-15-16-17-18-19-20-21-22-23-24-25-26-31(2)27-28-33(4)35-30-29-32(3)34-35/h27-30H,2,4-26H2,1,3H3/b28-27-. The van der Waals surface area contributed by atoms with Crippen molar-refractivity contribution in [3.05, 3.63) is 48.8 Å². The molecular formula is C33H58N2. The van der Waals surface area contributed by atoms with E-state index in [1.54, 1.807) is 0 Å². The Morgan fingerprint density at radius 3 is 1.43 bits per heavy atom. The lowest BCUT2D eigenvalue weighted by Crippen LogP contribution is -1.94. The normalized spacial score (nSPS) is 11.5. The van der Waals surface area contributed by atoms with Crippen molar-refractivity contribution in [3.63, 3.8) is 0 Å². The first-order chi connectivity index (χ1) is 17.1. The molecule has 1 rings (SSSR count). The number of aryl methyl sites for hydroxylation is 1. The van der Waals surface area contributed by atoms with E-state index in [-0.39, 0.29) is 0 Å². The van der Waals surface area contributed by atoms with Crippen LogP contribution in [-0.4, -0.2) is 9.78 Å². The number of hydrogen-bond acceptors (Lipinski definition) is 1. The minimum absolute atomic E-state index is 0.887. The van der Waals surface area contributed by atoms with Crippen molar-refractivity contribution in [2.24, 2.45) is 0 Å². The first-order valence-corrected chi connectivity index (χ1v) is 15.2. The zero-order valence-electron chi connectivity index (χ0n) is 23.7. The summed E-state index contributed by atoms with van der Waals surface area (Å²) in [5.41, 5.74) is 3.09. The van der Waals surface area contributed by atoms with E-state index in [1.165, 1.54) is 140 Å². The molecule has 200 valence electrons. The highest BCUT2D eigenvalue weighted by molar-refractivity contribution is 5.54. The summed E-state index contributed by atoms with van der Waals surface area (Å²) >= 11 is 0. The fourth-order valence-electron chi connectivity index (χ4n) is 4.73. The van der Waals surface area contributed by atoms with Gasteiger partial charge in [-0.2, -0.15) is 5.10 Å². The Labute approximate surface area is 219 Å². The second-order valence-corrected chi connectivity index (χ2v) is 10.7. The lowest BCUT2D eigenvalue weighted by atomic mass is 10.0. The third-order valence-electron chi connectivity index (χ3n) is 7.13. The van der Waals surface area contributed by atoms with Gasteiger partial charge in [-0.3, -0.25) is 0 Å². The molecule has 1 aromatic rings. The molecule has 0 aromatic carbocycles. The van der Waals surface area contributed by atoms with Gasteiger partial charge < -0.3 is 0 Å². The van der Waals surface area contributed by atoms with Gasteiger partial charge in [-0.25, -0.2) is 4.68 Å². The fraction of sp³-hybridized carbons (Fsp3) is 0.727.